The number of nitrogens with two attached hydrogens (primary N) is 1. The van der Waals surface area contributed by atoms with Gasteiger partial charge in [0.2, 0.25) is 11.8 Å². The molecule has 0 fully saturated rings. The standard InChI is InChI=1S/C7H6ClFN2O3/c8-6-3(10)1-4(9)11-7(6)14-2-5(12)13/h1H,2H2,(H2,10,11)(H,12,13). The third kappa shape index (κ3) is 2.46. The fraction of sp³-hybridized carbons (Fsp3) is 0.143. The molecule has 14 heavy (non-hydrogen) atoms. The zero-order chi connectivity index (χ0) is 10.7. The maximum Gasteiger partial charge on any atom is 0.341 e. The average Bonchev–Trinajstić information content (AvgIpc) is 2.08. The second-order valence-electron chi connectivity index (χ2n) is 2.34. The summed E-state index contributed by atoms with van der Waals surface area (Å²) in [6, 6.07) is 0.913. The van der Waals surface area contributed by atoms with E-state index in [1.165, 1.54) is 0 Å². The fourth-order valence-corrected chi connectivity index (χ4v) is 0.871. The number of anilines is 1. The third-order valence-electron chi connectivity index (χ3n) is 1.26. The molecule has 0 bridgehead atoms. The van der Waals surface area contributed by atoms with Gasteiger partial charge >= 0.3 is 5.97 Å². The molecule has 1 heterocycles. The average molecular weight is 221 g/mol. The first-order valence-electron chi connectivity index (χ1n) is 3.47. The van der Waals surface area contributed by atoms with E-state index >= 15 is 0 Å². The molecule has 7 heteroatoms. The van der Waals surface area contributed by atoms with E-state index in [-0.39, 0.29) is 16.6 Å². The van der Waals surface area contributed by atoms with Gasteiger partial charge in [0, 0.05) is 6.07 Å². The summed E-state index contributed by atoms with van der Waals surface area (Å²) in [6.07, 6.45) is 0. The van der Waals surface area contributed by atoms with E-state index in [0.717, 1.165) is 6.07 Å². The molecule has 0 aliphatic carbocycles. The molecule has 0 aromatic carbocycles. The van der Waals surface area contributed by atoms with Gasteiger partial charge in [-0.15, -0.1) is 0 Å². The molecule has 1 rings (SSSR count). The number of halogens is 2. The van der Waals surface area contributed by atoms with E-state index < -0.39 is 18.5 Å². The number of aromatic nitrogens is 1. The minimum absolute atomic E-state index is 0.0560. The Morgan fingerprint density at radius 3 is 3.00 bits per heavy atom. The molecule has 5 nitrogen and oxygen atoms in total. The SMILES string of the molecule is Nc1cc(F)nc(OCC(=O)O)c1Cl. The van der Waals surface area contributed by atoms with Crippen molar-refractivity contribution in [2.75, 3.05) is 12.3 Å². The molecule has 0 spiro atoms. The van der Waals surface area contributed by atoms with E-state index in [9.17, 15) is 9.18 Å². The Kier molecular flexibility index (Phi) is 3.08. The van der Waals surface area contributed by atoms with Crippen molar-refractivity contribution in [3.63, 3.8) is 0 Å². The lowest BCUT2D eigenvalue weighted by molar-refractivity contribution is -0.139. The maximum absolute atomic E-state index is 12.7. The molecule has 3 N–H and O–H groups in total. The van der Waals surface area contributed by atoms with Crippen LogP contribution in [0.1, 0.15) is 0 Å². The van der Waals surface area contributed by atoms with Crippen molar-refractivity contribution >= 4 is 23.3 Å². The van der Waals surface area contributed by atoms with Gasteiger partial charge in [-0.1, -0.05) is 11.6 Å². The Labute approximate surface area is 83.3 Å². The second kappa shape index (κ2) is 4.10. The van der Waals surface area contributed by atoms with E-state index in [0.29, 0.717) is 0 Å². The van der Waals surface area contributed by atoms with Crippen LogP contribution in [0.2, 0.25) is 5.02 Å². The van der Waals surface area contributed by atoms with E-state index in [4.69, 9.17) is 22.4 Å². The third-order valence-corrected chi connectivity index (χ3v) is 1.64. The molecule has 1 aromatic rings. The summed E-state index contributed by atoms with van der Waals surface area (Å²) in [7, 11) is 0. The Hall–Kier alpha value is -1.56. The van der Waals surface area contributed by atoms with Crippen molar-refractivity contribution in [1.82, 2.24) is 4.98 Å². The van der Waals surface area contributed by atoms with E-state index in [2.05, 4.69) is 9.72 Å². The van der Waals surface area contributed by atoms with Gasteiger partial charge in [0.25, 0.3) is 0 Å². The summed E-state index contributed by atoms with van der Waals surface area (Å²) < 4.78 is 17.3. The number of carboxylic acid groups (broad SMARTS) is 1. The van der Waals surface area contributed by atoms with Gasteiger partial charge in [0.1, 0.15) is 5.02 Å². The molecule has 0 aliphatic heterocycles. The summed E-state index contributed by atoms with van der Waals surface area (Å²) >= 11 is 5.58. The van der Waals surface area contributed by atoms with Crippen LogP contribution in [0.15, 0.2) is 6.07 Å². The zero-order valence-corrected chi connectivity index (χ0v) is 7.58. The summed E-state index contributed by atoms with van der Waals surface area (Å²) in [5, 5.41) is 8.18. The number of ether oxygens (including phenoxy) is 1. The van der Waals surface area contributed by atoms with Gasteiger partial charge in [-0.2, -0.15) is 9.37 Å². The number of hydrogen-bond donors (Lipinski definition) is 2. The number of nitrogens with zero attached hydrogens (tertiary/aromatic N) is 1. The van der Waals surface area contributed by atoms with Crippen LogP contribution in [0.4, 0.5) is 10.1 Å². The number of pyridine rings is 1. The zero-order valence-electron chi connectivity index (χ0n) is 6.83. The largest absolute Gasteiger partial charge is 0.479 e. The second-order valence-corrected chi connectivity index (χ2v) is 2.71. The molecule has 0 saturated carbocycles. The summed E-state index contributed by atoms with van der Waals surface area (Å²) in [4.78, 5) is 13.4. The van der Waals surface area contributed by atoms with Gasteiger partial charge < -0.3 is 15.6 Å². The van der Waals surface area contributed by atoms with Crippen molar-refractivity contribution < 1.29 is 19.0 Å². The number of aliphatic carboxylic acids is 1. The molecule has 0 amide bonds. The Balaban J connectivity index is 2.90. The van der Waals surface area contributed by atoms with E-state index in [1.807, 2.05) is 0 Å². The number of carbonyl (C=O) groups is 1. The van der Waals surface area contributed by atoms with Gasteiger partial charge in [-0.3, -0.25) is 0 Å². The molecular formula is C7H6ClFN2O3. The van der Waals surface area contributed by atoms with Crippen LogP contribution in [0, 0.1) is 5.95 Å². The smallest absolute Gasteiger partial charge is 0.341 e. The highest BCUT2D eigenvalue weighted by molar-refractivity contribution is 6.34. The van der Waals surface area contributed by atoms with Crippen LogP contribution in [0.3, 0.4) is 0 Å². The highest BCUT2D eigenvalue weighted by Gasteiger charge is 2.11. The van der Waals surface area contributed by atoms with Gasteiger partial charge in [-0.25, -0.2) is 4.79 Å². The van der Waals surface area contributed by atoms with Crippen LogP contribution in [-0.4, -0.2) is 22.7 Å². The maximum atomic E-state index is 12.7. The molecule has 0 saturated heterocycles. The first kappa shape index (κ1) is 10.5. The molecule has 0 unspecified atom stereocenters. The lowest BCUT2D eigenvalue weighted by Gasteiger charge is -2.05. The lowest BCUT2D eigenvalue weighted by atomic mass is 10.4. The Morgan fingerprint density at radius 1 is 1.79 bits per heavy atom. The van der Waals surface area contributed by atoms with Crippen molar-refractivity contribution in [2.45, 2.75) is 0 Å². The highest BCUT2D eigenvalue weighted by atomic mass is 35.5. The quantitative estimate of drug-likeness (QED) is 0.740. The monoisotopic (exact) mass is 220 g/mol. The van der Waals surface area contributed by atoms with Crippen LogP contribution in [0.5, 0.6) is 5.88 Å². The van der Waals surface area contributed by atoms with Crippen LogP contribution in [-0.2, 0) is 4.79 Å². The van der Waals surface area contributed by atoms with Gasteiger partial charge in [-0.05, 0) is 0 Å². The number of carboxylic acids is 1. The number of rotatable bonds is 3. The molecule has 1 aromatic heterocycles. The molecule has 0 radical (unpaired) electrons. The summed E-state index contributed by atoms with van der Waals surface area (Å²) in [5.41, 5.74) is 5.23. The van der Waals surface area contributed by atoms with Crippen molar-refractivity contribution in [1.29, 1.82) is 0 Å². The van der Waals surface area contributed by atoms with Gasteiger partial charge in [0.05, 0.1) is 5.69 Å². The summed E-state index contributed by atoms with van der Waals surface area (Å²) in [5.74, 6) is -2.43. The fourth-order valence-electron chi connectivity index (χ4n) is 0.719. The molecule has 0 atom stereocenters. The first-order chi connectivity index (χ1) is 6.50. The predicted molar refractivity (Wildman–Crippen MR) is 46.7 cm³/mol. The van der Waals surface area contributed by atoms with Crippen molar-refractivity contribution in [2.24, 2.45) is 0 Å². The summed E-state index contributed by atoms with van der Waals surface area (Å²) in [6.45, 7) is -0.657. The van der Waals surface area contributed by atoms with Crippen LogP contribution >= 0.6 is 11.6 Å². The highest BCUT2D eigenvalue weighted by Crippen LogP contribution is 2.28. The lowest BCUT2D eigenvalue weighted by Crippen LogP contribution is -2.11. The van der Waals surface area contributed by atoms with Crippen molar-refractivity contribution in [3.8, 4) is 5.88 Å². The first-order valence-corrected chi connectivity index (χ1v) is 3.84. The Morgan fingerprint density at radius 2 is 2.43 bits per heavy atom. The molecule has 76 valence electrons. The number of nitrogen functional groups attached to an aromatic ring is 1. The van der Waals surface area contributed by atoms with Gasteiger partial charge in [0.15, 0.2) is 6.61 Å². The van der Waals surface area contributed by atoms with Crippen LogP contribution in [0.25, 0.3) is 0 Å². The van der Waals surface area contributed by atoms with Crippen molar-refractivity contribution in [3.05, 3.63) is 17.0 Å². The minimum Gasteiger partial charge on any atom is -0.479 e. The normalized spacial score (nSPS) is 9.86. The Bertz CT molecular complexity index is 372. The van der Waals surface area contributed by atoms with Crippen LogP contribution < -0.4 is 10.5 Å². The number of hydrogen-bond acceptors (Lipinski definition) is 4. The predicted octanol–water partition coefficient (Wildman–Crippen LogP) is 0.920. The topological polar surface area (TPSA) is 85.4 Å². The molecule has 0 aliphatic rings. The molecular weight excluding hydrogens is 215 g/mol. The van der Waals surface area contributed by atoms with E-state index in [1.54, 1.807) is 0 Å². The minimum atomic E-state index is -1.22.